The van der Waals surface area contributed by atoms with E-state index in [2.05, 4.69) is 20.4 Å². The number of hydrogen-bond acceptors (Lipinski definition) is 7. The first-order valence-corrected chi connectivity index (χ1v) is 9.33. The maximum Gasteiger partial charge on any atom is 0.408 e. The van der Waals surface area contributed by atoms with Crippen LogP contribution in [0, 0.1) is 0 Å². The first kappa shape index (κ1) is 21.1. The van der Waals surface area contributed by atoms with Crippen LogP contribution in [-0.2, 0) is 21.6 Å². The molecular formula is C18H31N5O4. The van der Waals surface area contributed by atoms with Crippen molar-refractivity contribution in [3.8, 4) is 0 Å². The average molecular weight is 381 g/mol. The number of primary amides is 1. The lowest BCUT2D eigenvalue weighted by Gasteiger charge is -2.33. The first-order valence-electron chi connectivity index (χ1n) is 9.33. The molecule has 1 fully saturated rings. The highest BCUT2D eigenvalue weighted by molar-refractivity contribution is 5.74. The predicted octanol–water partition coefficient (Wildman–Crippen LogP) is 2.06. The molecule has 152 valence electrons. The molecule has 9 heteroatoms. The summed E-state index contributed by atoms with van der Waals surface area (Å²) in [5.74, 6) is 0.507. The molecule has 2 amide bonds. The number of carbonyl (C=O) groups is 2. The molecule has 1 aliphatic heterocycles. The zero-order valence-electron chi connectivity index (χ0n) is 16.9. The topological polar surface area (TPSA) is 124 Å². The van der Waals surface area contributed by atoms with Gasteiger partial charge in [0.2, 0.25) is 11.8 Å². The lowest BCUT2D eigenvalue weighted by atomic mass is 9.99. The Morgan fingerprint density at radius 2 is 2.00 bits per heavy atom. The van der Waals surface area contributed by atoms with Crippen molar-refractivity contribution in [3.05, 3.63) is 11.7 Å². The second-order valence-corrected chi connectivity index (χ2v) is 8.55. The standard InChI is InChI=1S/C18H31N5O4/c1-17(2,3)26-16(25)21-18(4,5)15-20-14(27-22-15)11-23-9-7-6-8-12(23)10-13(19)24/h12H,6-11H2,1-5H3,(H2,19,24)(H,21,25). The number of amides is 2. The quantitative estimate of drug-likeness (QED) is 0.773. The van der Waals surface area contributed by atoms with Crippen molar-refractivity contribution in [2.45, 2.75) is 84.0 Å². The SMILES string of the molecule is CC(C)(C)OC(=O)NC(C)(C)c1noc(CN2CCCCC2CC(N)=O)n1. The monoisotopic (exact) mass is 381 g/mol. The number of alkyl carbamates (subject to hydrolysis) is 1. The van der Waals surface area contributed by atoms with Crippen LogP contribution in [-0.4, -0.2) is 45.2 Å². The summed E-state index contributed by atoms with van der Waals surface area (Å²) in [7, 11) is 0. The fourth-order valence-corrected chi connectivity index (χ4v) is 3.09. The molecule has 1 saturated heterocycles. The number of nitrogens with one attached hydrogen (secondary N) is 1. The van der Waals surface area contributed by atoms with E-state index in [1.165, 1.54) is 0 Å². The average Bonchev–Trinajstić information content (AvgIpc) is 2.95. The second kappa shape index (κ2) is 8.24. The van der Waals surface area contributed by atoms with Crippen molar-refractivity contribution in [2.75, 3.05) is 6.54 Å². The number of piperidine rings is 1. The molecule has 27 heavy (non-hydrogen) atoms. The maximum atomic E-state index is 12.0. The number of carbonyl (C=O) groups excluding carboxylic acids is 2. The summed E-state index contributed by atoms with van der Waals surface area (Å²) >= 11 is 0. The molecule has 1 unspecified atom stereocenters. The molecule has 2 rings (SSSR count). The predicted molar refractivity (Wildman–Crippen MR) is 98.6 cm³/mol. The van der Waals surface area contributed by atoms with E-state index in [9.17, 15) is 9.59 Å². The van der Waals surface area contributed by atoms with E-state index < -0.39 is 17.2 Å². The van der Waals surface area contributed by atoms with Gasteiger partial charge < -0.3 is 20.3 Å². The second-order valence-electron chi connectivity index (χ2n) is 8.55. The largest absolute Gasteiger partial charge is 0.444 e. The van der Waals surface area contributed by atoms with Gasteiger partial charge in [-0.05, 0) is 54.0 Å². The number of rotatable bonds is 6. The van der Waals surface area contributed by atoms with Crippen molar-refractivity contribution in [3.63, 3.8) is 0 Å². The van der Waals surface area contributed by atoms with Gasteiger partial charge in [0.1, 0.15) is 11.1 Å². The molecule has 0 bridgehead atoms. The van der Waals surface area contributed by atoms with Gasteiger partial charge in [-0.25, -0.2) is 4.79 Å². The van der Waals surface area contributed by atoms with E-state index in [4.69, 9.17) is 15.0 Å². The Morgan fingerprint density at radius 1 is 1.30 bits per heavy atom. The van der Waals surface area contributed by atoms with Gasteiger partial charge in [-0.1, -0.05) is 11.6 Å². The Morgan fingerprint density at radius 3 is 2.63 bits per heavy atom. The number of nitrogens with two attached hydrogens (primary N) is 1. The van der Waals surface area contributed by atoms with Gasteiger partial charge in [0, 0.05) is 12.5 Å². The van der Waals surface area contributed by atoms with Crippen LogP contribution in [0.5, 0.6) is 0 Å². The molecule has 2 heterocycles. The van der Waals surface area contributed by atoms with Gasteiger partial charge in [-0.3, -0.25) is 9.69 Å². The molecule has 1 aromatic heterocycles. The molecular weight excluding hydrogens is 350 g/mol. The van der Waals surface area contributed by atoms with Gasteiger partial charge in [0.15, 0.2) is 5.82 Å². The highest BCUT2D eigenvalue weighted by Gasteiger charge is 2.32. The summed E-state index contributed by atoms with van der Waals surface area (Å²) in [6, 6.07) is 0.0968. The van der Waals surface area contributed by atoms with Crippen LogP contribution in [0.15, 0.2) is 4.52 Å². The minimum atomic E-state index is -0.849. The number of likely N-dealkylation sites (tertiary alicyclic amines) is 1. The van der Waals surface area contributed by atoms with Crippen LogP contribution in [0.4, 0.5) is 4.79 Å². The van der Waals surface area contributed by atoms with Gasteiger partial charge in [-0.2, -0.15) is 4.98 Å². The van der Waals surface area contributed by atoms with Crippen LogP contribution in [0.3, 0.4) is 0 Å². The molecule has 0 spiro atoms. The van der Waals surface area contributed by atoms with Crippen LogP contribution in [0.2, 0.25) is 0 Å². The summed E-state index contributed by atoms with van der Waals surface area (Å²) in [5, 5.41) is 6.77. The molecule has 1 aromatic rings. The fraction of sp³-hybridized carbons (Fsp3) is 0.778. The number of nitrogens with zero attached hydrogens (tertiary/aromatic N) is 3. The van der Waals surface area contributed by atoms with Crippen molar-refractivity contribution >= 4 is 12.0 Å². The zero-order valence-corrected chi connectivity index (χ0v) is 16.9. The third-order valence-corrected chi connectivity index (χ3v) is 4.36. The van der Waals surface area contributed by atoms with E-state index in [1.54, 1.807) is 34.6 Å². The van der Waals surface area contributed by atoms with Crippen LogP contribution in [0.1, 0.15) is 72.0 Å². The highest BCUT2D eigenvalue weighted by atomic mass is 16.6. The van der Waals surface area contributed by atoms with Crippen molar-refractivity contribution in [1.82, 2.24) is 20.4 Å². The van der Waals surface area contributed by atoms with Crippen molar-refractivity contribution < 1.29 is 18.8 Å². The minimum Gasteiger partial charge on any atom is -0.444 e. The van der Waals surface area contributed by atoms with E-state index in [1.807, 2.05) is 0 Å². The van der Waals surface area contributed by atoms with Gasteiger partial charge >= 0.3 is 6.09 Å². The Bertz CT molecular complexity index is 665. The summed E-state index contributed by atoms with van der Waals surface area (Å²) in [6.07, 6.45) is 2.84. The zero-order chi connectivity index (χ0) is 20.2. The molecule has 0 aliphatic carbocycles. The first-order chi connectivity index (χ1) is 12.5. The molecule has 9 nitrogen and oxygen atoms in total. The highest BCUT2D eigenvalue weighted by Crippen LogP contribution is 2.23. The fourth-order valence-electron chi connectivity index (χ4n) is 3.09. The van der Waals surface area contributed by atoms with E-state index in [0.717, 1.165) is 25.8 Å². The third kappa shape index (κ3) is 6.50. The van der Waals surface area contributed by atoms with Crippen molar-refractivity contribution in [1.29, 1.82) is 0 Å². The molecule has 0 saturated carbocycles. The Labute approximate surface area is 160 Å². The Kier molecular flexibility index (Phi) is 6.46. The van der Waals surface area contributed by atoms with E-state index in [-0.39, 0.29) is 11.9 Å². The normalized spacial score (nSPS) is 18.9. The Balaban J connectivity index is 2.02. The lowest BCUT2D eigenvalue weighted by molar-refractivity contribution is -0.119. The summed E-state index contributed by atoms with van der Waals surface area (Å²) in [6.45, 7) is 10.3. The van der Waals surface area contributed by atoms with Gasteiger partial charge in [0.25, 0.3) is 0 Å². The molecule has 0 radical (unpaired) electrons. The molecule has 1 aliphatic rings. The molecule has 0 aromatic carbocycles. The minimum absolute atomic E-state index is 0.0968. The van der Waals surface area contributed by atoms with Gasteiger partial charge in [0.05, 0.1) is 6.54 Å². The number of ether oxygens (including phenoxy) is 1. The number of hydrogen-bond donors (Lipinski definition) is 2. The van der Waals surface area contributed by atoms with Crippen LogP contribution < -0.4 is 11.1 Å². The molecule has 3 N–H and O–H groups in total. The van der Waals surface area contributed by atoms with Crippen LogP contribution >= 0.6 is 0 Å². The third-order valence-electron chi connectivity index (χ3n) is 4.36. The summed E-state index contributed by atoms with van der Waals surface area (Å²) in [5.41, 5.74) is 3.92. The number of aromatic nitrogens is 2. The Hall–Kier alpha value is -2.16. The van der Waals surface area contributed by atoms with Crippen LogP contribution in [0.25, 0.3) is 0 Å². The van der Waals surface area contributed by atoms with Crippen molar-refractivity contribution in [2.24, 2.45) is 5.73 Å². The lowest BCUT2D eigenvalue weighted by Crippen LogP contribution is -2.44. The van der Waals surface area contributed by atoms with E-state index >= 15 is 0 Å². The maximum absolute atomic E-state index is 12.0. The molecule has 1 atom stereocenters. The smallest absolute Gasteiger partial charge is 0.408 e. The van der Waals surface area contributed by atoms with Gasteiger partial charge in [-0.15, -0.1) is 0 Å². The summed E-state index contributed by atoms with van der Waals surface area (Å²) < 4.78 is 10.7. The summed E-state index contributed by atoms with van der Waals surface area (Å²) in [4.78, 5) is 29.9. The van der Waals surface area contributed by atoms with E-state index in [0.29, 0.717) is 24.7 Å².